The Morgan fingerprint density at radius 2 is 1.62 bits per heavy atom. The molecule has 11 heteroatoms. The second kappa shape index (κ2) is 16.3. The highest BCUT2D eigenvalue weighted by molar-refractivity contribution is 7.13. The number of rotatable bonds is 12. The highest BCUT2D eigenvalue weighted by Gasteiger charge is 2.35. The van der Waals surface area contributed by atoms with Gasteiger partial charge < -0.3 is 19.9 Å². The second-order valence-corrected chi connectivity index (χ2v) is 17.5. The van der Waals surface area contributed by atoms with Gasteiger partial charge in [0.05, 0.1) is 24.2 Å². The summed E-state index contributed by atoms with van der Waals surface area (Å²) in [7, 11) is 1.83. The van der Waals surface area contributed by atoms with Crippen molar-refractivity contribution in [3.8, 4) is 21.7 Å². The van der Waals surface area contributed by atoms with Crippen molar-refractivity contribution in [1.29, 1.82) is 0 Å². The number of amides is 1. The number of piperidine rings is 1. The molecule has 1 aliphatic heterocycles. The molecule has 1 amide bonds. The average Bonchev–Trinajstić information content (AvgIpc) is 3.94. The van der Waals surface area contributed by atoms with Crippen molar-refractivity contribution in [2.24, 2.45) is 7.05 Å². The number of aromatic nitrogens is 5. The van der Waals surface area contributed by atoms with Crippen LogP contribution in [0.25, 0.3) is 54.5 Å². The zero-order chi connectivity index (χ0) is 41.5. The van der Waals surface area contributed by atoms with Gasteiger partial charge in [0.2, 0.25) is 5.91 Å². The largest absolute Gasteiger partial charge is 0.388 e. The highest BCUT2D eigenvalue weighted by atomic mass is 32.1. The summed E-state index contributed by atoms with van der Waals surface area (Å²) in [4.78, 5) is 34.7. The van der Waals surface area contributed by atoms with Crippen LogP contribution >= 0.6 is 11.3 Å². The summed E-state index contributed by atoms with van der Waals surface area (Å²) in [5.41, 5.74) is 9.68. The van der Waals surface area contributed by atoms with Gasteiger partial charge in [-0.1, -0.05) is 79.7 Å². The van der Waals surface area contributed by atoms with E-state index in [9.17, 15) is 14.7 Å². The number of nitrogens with one attached hydrogen (secondary N) is 1. The number of hydrogen-bond acceptors (Lipinski definition) is 7. The molecule has 9 rings (SSSR count). The Hall–Kier alpha value is -5.88. The fourth-order valence-corrected chi connectivity index (χ4v) is 9.83. The Morgan fingerprint density at radius 1 is 0.883 bits per heavy atom. The normalized spacial score (nSPS) is 14.7. The van der Waals surface area contributed by atoms with Gasteiger partial charge in [-0.25, -0.2) is 4.98 Å². The summed E-state index contributed by atoms with van der Waals surface area (Å²) in [6.45, 7) is 9.76. The van der Waals surface area contributed by atoms with Crippen molar-refractivity contribution in [3.05, 3.63) is 141 Å². The Kier molecular flexibility index (Phi) is 10.7. The van der Waals surface area contributed by atoms with E-state index >= 15 is 0 Å². The first-order chi connectivity index (χ1) is 29.1. The molecule has 10 nitrogen and oxygen atoms in total. The molecule has 0 saturated carbocycles. The fraction of sp³-hybridized carbons (Fsp3) is 0.306. The molecule has 306 valence electrons. The highest BCUT2D eigenvalue weighted by Crippen LogP contribution is 2.35. The van der Waals surface area contributed by atoms with E-state index in [0.717, 1.165) is 35.5 Å². The first-order valence-electron chi connectivity index (χ1n) is 20.9. The molecule has 1 aliphatic rings. The first-order valence-corrected chi connectivity index (χ1v) is 21.8. The minimum atomic E-state index is -1.13. The van der Waals surface area contributed by atoms with Gasteiger partial charge in [0.15, 0.2) is 5.52 Å². The molecule has 1 atom stereocenters. The number of benzene rings is 4. The van der Waals surface area contributed by atoms with Gasteiger partial charge in [-0.3, -0.25) is 18.8 Å². The second-order valence-electron chi connectivity index (χ2n) is 16.6. The lowest BCUT2D eigenvalue weighted by Gasteiger charge is -2.38. The smallest absolute Gasteiger partial charge is 0.281 e. The average molecular weight is 818 g/mol. The van der Waals surface area contributed by atoms with Gasteiger partial charge in [-0.2, -0.15) is 5.10 Å². The number of hydrogen-bond donors (Lipinski definition) is 2. The van der Waals surface area contributed by atoms with Crippen LogP contribution in [0.15, 0.2) is 114 Å². The summed E-state index contributed by atoms with van der Waals surface area (Å²) in [6.07, 6.45) is 2.71. The van der Waals surface area contributed by atoms with E-state index in [4.69, 9.17) is 4.98 Å². The van der Waals surface area contributed by atoms with E-state index in [1.807, 2.05) is 42.3 Å². The predicted molar refractivity (Wildman–Crippen MR) is 242 cm³/mol. The van der Waals surface area contributed by atoms with Crippen LogP contribution in [0.4, 0.5) is 0 Å². The molecule has 0 radical (unpaired) electrons. The monoisotopic (exact) mass is 817 g/mol. The maximum absolute atomic E-state index is 13.7. The first kappa shape index (κ1) is 39.6. The van der Waals surface area contributed by atoms with Gasteiger partial charge in [-0.05, 0) is 90.1 Å². The third kappa shape index (κ3) is 7.69. The molecular formula is C49H51N7O3S. The summed E-state index contributed by atoms with van der Waals surface area (Å²) in [5.74, 6) is 0.201. The Balaban J connectivity index is 0.835. The van der Waals surface area contributed by atoms with E-state index < -0.39 is 5.60 Å². The van der Waals surface area contributed by atoms with E-state index in [-0.39, 0.29) is 29.4 Å². The predicted octanol–water partition coefficient (Wildman–Crippen LogP) is 8.80. The molecule has 0 aliphatic carbocycles. The van der Waals surface area contributed by atoms with Crippen LogP contribution in [0.2, 0.25) is 0 Å². The molecule has 2 N–H and O–H groups in total. The molecule has 5 heterocycles. The Labute approximate surface area is 353 Å². The van der Waals surface area contributed by atoms with E-state index in [2.05, 4.69) is 108 Å². The molecule has 1 fully saturated rings. The lowest BCUT2D eigenvalue weighted by atomic mass is 9.90. The summed E-state index contributed by atoms with van der Waals surface area (Å²) in [5, 5.41) is 24.5. The fourth-order valence-electron chi connectivity index (χ4n) is 8.93. The standard InChI is InChI=1S/C49H51N7O3S/c1-5-56-41-18-13-35(25-40(41)39-17-16-38(26-42(39)56)43-23-32(2)29-60-43)28-50-27-34-11-14-37(15-12-34)47-45-46(52-53(47)4)48(58)55(31-51-45)30-49(59)19-21-54(22-20-49)44(57)24-33(3)36-9-7-6-8-10-36/h6-18,23,25-26,29,31,33,50,59H,5,19-22,24,27-28,30H2,1-4H3/t33-/m1/s1. The van der Waals surface area contributed by atoms with Crippen LogP contribution in [0.3, 0.4) is 0 Å². The number of fused-ring (bicyclic) bond motifs is 4. The minimum Gasteiger partial charge on any atom is -0.388 e. The summed E-state index contributed by atoms with van der Waals surface area (Å²) < 4.78 is 5.59. The number of likely N-dealkylation sites (tertiary alicyclic amines) is 1. The van der Waals surface area contributed by atoms with Crippen molar-refractivity contribution < 1.29 is 9.90 Å². The van der Waals surface area contributed by atoms with Gasteiger partial charge in [-0.15, -0.1) is 11.3 Å². The lowest BCUT2D eigenvalue weighted by Crippen LogP contribution is -2.49. The minimum absolute atomic E-state index is 0.0863. The van der Waals surface area contributed by atoms with Crippen molar-refractivity contribution in [3.63, 3.8) is 0 Å². The third-order valence-electron chi connectivity index (χ3n) is 12.3. The van der Waals surface area contributed by atoms with E-state index in [0.29, 0.717) is 44.4 Å². The third-order valence-corrected chi connectivity index (χ3v) is 13.4. The van der Waals surface area contributed by atoms with Crippen molar-refractivity contribution in [2.45, 2.75) is 77.7 Å². The number of carbonyl (C=O) groups is 1. The number of carbonyl (C=O) groups excluding carboxylic acids is 1. The summed E-state index contributed by atoms with van der Waals surface area (Å²) >= 11 is 1.80. The van der Waals surface area contributed by atoms with Gasteiger partial charge in [0.1, 0.15) is 5.52 Å². The zero-order valence-electron chi connectivity index (χ0n) is 34.7. The number of nitrogens with zero attached hydrogens (tertiary/aromatic N) is 6. The lowest BCUT2D eigenvalue weighted by molar-refractivity contribution is -0.136. The van der Waals surface area contributed by atoms with E-state index in [1.54, 1.807) is 16.0 Å². The van der Waals surface area contributed by atoms with Crippen molar-refractivity contribution >= 4 is 50.1 Å². The topological polar surface area (TPSA) is 110 Å². The van der Waals surface area contributed by atoms with Crippen LogP contribution in [0.5, 0.6) is 0 Å². The Morgan fingerprint density at radius 3 is 2.35 bits per heavy atom. The van der Waals surface area contributed by atoms with Crippen LogP contribution in [0.1, 0.15) is 61.3 Å². The quantitative estimate of drug-likeness (QED) is 0.128. The molecule has 4 aromatic heterocycles. The molecule has 0 unspecified atom stereocenters. The van der Waals surface area contributed by atoms with Crippen LogP contribution in [-0.4, -0.2) is 58.5 Å². The maximum Gasteiger partial charge on any atom is 0.281 e. The molecule has 1 saturated heterocycles. The van der Waals surface area contributed by atoms with E-state index in [1.165, 1.54) is 54.3 Å². The van der Waals surface area contributed by atoms with Crippen LogP contribution < -0.4 is 10.9 Å². The Bertz CT molecular complexity index is 2900. The molecule has 4 aromatic carbocycles. The zero-order valence-corrected chi connectivity index (χ0v) is 35.5. The van der Waals surface area contributed by atoms with Crippen LogP contribution in [-0.2, 0) is 38.0 Å². The van der Waals surface area contributed by atoms with Gasteiger partial charge in [0.25, 0.3) is 5.56 Å². The van der Waals surface area contributed by atoms with Crippen molar-refractivity contribution in [2.75, 3.05) is 13.1 Å². The number of aliphatic hydroxyl groups is 1. The molecular weight excluding hydrogens is 767 g/mol. The van der Waals surface area contributed by atoms with Gasteiger partial charge in [0, 0.05) is 78.4 Å². The molecule has 8 aromatic rings. The maximum atomic E-state index is 13.7. The SMILES string of the molecule is CCn1c2ccc(CNCc3ccc(-c4c5ncn(CC6(O)CCN(C(=O)C[C@@H](C)c7ccccc7)CC6)c(=O)c5nn4C)cc3)cc2c2ccc(-c3cc(C)cs3)cc21. The van der Waals surface area contributed by atoms with Crippen LogP contribution in [0, 0.1) is 6.92 Å². The van der Waals surface area contributed by atoms with Crippen molar-refractivity contribution in [1.82, 2.24) is 34.1 Å². The molecule has 0 bridgehead atoms. The molecule has 0 spiro atoms. The summed E-state index contributed by atoms with van der Waals surface area (Å²) in [6, 6.07) is 34.3. The van der Waals surface area contributed by atoms with Gasteiger partial charge >= 0.3 is 0 Å². The number of thiophene rings is 1. The number of aryl methyl sites for hydroxylation is 3. The molecule has 60 heavy (non-hydrogen) atoms.